The van der Waals surface area contributed by atoms with Crippen LogP contribution in [0, 0.1) is 19.8 Å². The molecule has 1 N–H and O–H groups in total. The van der Waals surface area contributed by atoms with E-state index in [1.54, 1.807) is 0 Å². The van der Waals surface area contributed by atoms with Crippen molar-refractivity contribution >= 4 is 17.7 Å². The van der Waals surface area contributed by atoms with Crippen LogP contribution in [0.2, 0.25) is 0 Å². The van der Waals surface area contributed by atoms with E-state index in [2.05, 4.69) is 15.1 Å². The zero-order chi connectivity index (χ0) is 17.7. The highest BCUT2D eigenvalue weighted by atomic mass is 16.4. The molecule has 2 aromatic rings. The number of carbonyl (C=O) groups excluding carboxylic acids is 1. The second-order valence-corrected chi connectivity index (χ2v) is 7.10. The standard InChI is InChI=1S/C17H21N5O3/c1-9-7-10(2)22-17(18-9)19-14(20-22)15(23)21-12-6-4-3-5-11(12)8-13(21)16(24)25/h7,11-13H,3-6,8H2,1-2H3,(H,24,25)/t11-,12-,13+/m1/s1. The van der Waals surface area contributed by atoms with Gasteiger partial charge >= 0.3 is 5.97 Å². The monoisotopic (exact) mass is 343 g/mol. The van der Waals surface area contributed by atoms with E-state index in [1.807, 2.05) is 19.9 Å². The molecule has 25 heavy (non-hydrogen) atoms. The van der Waals surface area contributed by atoms with Gasteiger partial charge in [0.05, 0.1) is 0 Å². The molecule has 0 bridgehead atoms. The molecule has 1 aliphatic carbocycles. The van der Waals surface area contributed by atoms with Crippen LogP contribution in [0.4, 0.5) is 0 Å². The van der Waals surface area contributed by atoms with Gasteiger partial charge in [-0.25, -0.2) is 14.3 Å². The second kappa shape index (κ2) is 5.79. The summed E-state index contributed by atoms with van der Waals surface area (Å²) in [7, 11) is 0. The summed E-state index contributed by atoms with van der Waals surface area (Å²) in [6.45, 7) is 3.73. The van der Waals surface area contributed by atoms with E-state index in [0.29, 0.717) is 12.2 Å². The summed E-state index contributed by atoms with van der Waals surface area (Å²) < 4.78 is 1.53. The second-order valence-electron chi connectivity index (χ2n) is 7.10. The van der Waals surface area contributed by atoms with E-state index in [0.717, 1.165) is 37.1 Å². The zero-order valence-corrected chi connectivity index (χ0v) is 14.3. The van der Waals surface area contributed by atoms with Crippen LogP contribution < -0.4 is 0 Å². The van der Waals surface area contributed by atoms with Crippen molar-refractivity contribution in [1.29, 1.82) is 0 Å². The molecule has 8 heteroatoms. The highest BCUT2D eigenvalue weighted by Gasteiger charge is 2.48. The van der Waals surface area contributed by atoms with Gasteiger partial charge in [0, 0.05) is 17.4 Å². The Hall–Kier alpha value is -2.51. The summed E-state index contributed by atoms with van der Waals surface area (Å²) in [6, 6.07) is 1.05. The predicted molar refractivity (Wildman–Crippen MR) is 88.2 cm³/mol. The lowest BCUT2D eigenvalue weighted by molar-refractivity contribution is -0.141. The Morgan fingerprint density at radius 1 is 1.20 bits per heavy atom. The van der Waals surface area contributed by atoms with Gasteiger partial charge in [0.25, 0.3) is 11.7 Å². The van der Waals surface area contributed by atoms with E-state index >= 15 is 0 Å². The van der Waals surface area contributed by atoms with Gasteiger partial charge in [-0.1, -0.05) is 12.8 Å². The van der Waals surface area contributed by atoms with Crippen molar-refractivity contribution in [2.75, 3.05) is 0 Å². The number of carboxylic acids is 1. The molecule has 132 valence electrons. The summed E-state index contributed by atoms with van der Waals surface area (Å²) >= 11 is 0. The number of aromatic nitrogens is 4. The van der Waals surface area contributed by atoms with Crippen LogP contribution in [0.5, 0.6) is 0 Å². The fourth-order valence-electron chi connectivity index (χ4n) is 4.35. The third kappa shape index (κ3) is 2.56. The number of fused-ring (bicyclic) bond motifs is 2. The van der Waals surface area contributed by atoms with E-state index in [4.69, 9.17) is 0 Å². The molecule has 3 atom stereocenters. The predicted octanol–water partition coefficient (Wildman–Crippen LogP) is 1.60. The Labute approximate surface area is 144 Å². The summed E-state index contributed by atoms with van der Waals surface area (Å²) in [5.41, 5.74) is 1.63. The molecule has 2 aromatic heterocycles. The lowest BCUT2D eigenvalue weighted by atomic mass is 9.85. The van der Waals surface area contributed by atoms with Crippen molar-refractivity contribution in [2.24, 2.45) is 5.92 Å². The minimum atomic E-state index is -0.948. The van der Waals surface area contributed by atoms with Crippen LogP contribution in [-0.4, -0.2) is 53.5 Å². The molecule has 1 amide bonds. The minimum Gasteiger partial charge on any atom is -0.480 e. The van der Waals surface area contributed by atoms with Crippen molar-refractivity contribution in [3.05, 3.63) is 23.3 Å². The quantitative estimate of drug-likeness (QED) is 0.889. The fourth-order valence-corrected chi connectivity index (χ4v) is 4.35. The third-order valence-corrected chi connectivity index (χ3v) is 5.42. The summed E-state index contributed by atoms with van der Waals surface area (Å²) in [6.07, 6.45) is 4.48. The summed E-state index contributed by atoms with van der Waals surface area (Å²) in [5, 5.41) is 13.9. The molecule has 0 unspecified atom stereocenters. The number of hydrogen-bond donors (Lipinski definition) is 1. The number of aliphatic carboxylic acids is 1. The first-order valence-corrected chi connectivity index (χ1v) is 8.72. The zero-order valence-electron chi connectivity index (χ0n) is 14.3. The highest BCUT2D eigenvalue weighted by molar-refractivity contribution is 5.94. The lowest BCUT2D eigenvalue weighted by Gasteiger charge is -2.32. The van der Waals surface area contributed by atoms with Crippen molar-refractivity contribution in [2.45, 2.75) is 58.0 Å². The van der Waals surface area contributed by atoms with E-state index in [9.17, 15) is 14.7 Å². The van der Waals surface area contributed by atoms with Crippen LogP contribution in [0.25, 0.3) is 5.78 Å². The lowest BCUT2D eigenvalue weighted by Crippen LogP contribution is -2.46. The van der Waals surface area contributed by atoms with Crippen molar-refractivity contribution in [1.82, 2.24) is 24.5 Å². The van der Waals surface area contributed by atoms with Crippen molar-refractivity contribution in [3.8, 4) is 0 Å². The van der Waals surface area contributed by atoms with Gasteiger partial charge < -0.3 is 10.0 Å². The molecule has 0 radical (unpaired) electrons. The van der Waals surface area contributed by atoms with Gasteiger partial charge in [0.15, 0.2) is 0 Å². The number of nitrogens with zero attached hydrogens (tertiary/aromatic N) is 5. The molecule has 3 heterocycles. The van der Waals surface area contributed by atoms with Crippen LogP contribution in [0.1, 0.15) is 54.1 Å². The van der Waals surface area contributed by atoms with Crippen LogP contribution in [-0.2, 0) is 4.79 Å². The van der Waals surface area contributed by atoms with Crippen molar-refractivity contribution < 1.29 is 14.7 Å². The van der Waals surface area contributed by atoms with E-state index in [1.165, 1.54) is 9.42 Å². The Bertz CT molecular complexity index is 861. The molecule has 2 fully saturated rings. The molecule has 0 spiro atoms. The maximum absolute atomic E-state index is 13.1. The average molecular weight is 343 g/mol. The maximum atomic E-state index is 13.1. The topological polar surface area (TPSA) is 101 Å². The molecule has 0 aromatic carbocycles. The number of carboxylic acid groups (broad SMARTS) is 1. The normalized spacial score (nSPS) is 26.0. The Morgan fingerprint density at radius 2 is 1.96 bits per heavy atom. The van der Waals surface area contributed by atoms with Gasteiger partial charge in [-0.15, -0.1) is 5.10 Å². The molecule has 1 saturated heterocycles. The molecular weight excluding hydrogens is 322 g/mol. The number of likely N-dealkylation sites (tertiary alicyclic amines) is 1. The summed E-state index contributed by atoms with van der Waals surface area (Å²) in [4.78, 5) is 34.9. The molecule has 8 nitrogen and oxygen atoms in total. The molecule has 4 rings (SSSR count). The fraction of sp³-hybridized carbons (Fsp3) is 0.588. The Balaban J connectivity index is 1.73. The number of rotatable bonds is 2. The molecule has 1 aliphatic heterocycles. The van der Waals surface area contributed by atoms with Crippen LogP contribution >= 0.6 is 0 Å². The number of amides is 1. The maximum Gasteiger partial charge on any atom is 0.326 e. The smallest absolute Gasteiger partial charge is 0.326 e. The largest absolute Gasteiger partial charge is 0.480 e. The number of aryl methyl sites for hydroxylation is 2. The number of carbonyl (C=O) groups is 2. The Kier molecular flexibility index (Phi) is 3.70. The summed E-state index contributed by atoms with van der Waals surface area (Å²) in [5.74, 6) is -0.690. The van der Waals surface area contributed by atoms with Crippen molar-refractivity contribution in [3.63, 3.8) is 0 Å². The minimum absolute atomic E-state index is 0.0234. The highest BCUT2D eigenvalue weighted by Crippen LogP contribution is 2.40. The molecule has 1 saturated carbocycles. The van der Waals surface area contributed by atoms with Gasteiger partial charge in [-0.2, -0.15) is 4.98 Å². The van der Waals surface area contributed by atoms with Crippen LogP contribution in [0.15, 0.2) is 6.07 Å². The van der Waals surface area contributed by atoms with Gasteiger partial charge in [-0.3, -0.25) is 4.79 Å². The van der Waals surface area contributed by atoms with E-state index in [-0.39, 0.29) is 17.8 Å². The van der Waals surface area contributed by atoms with E-state index < -0.39 is 17.9 Å². The first-order valence-electron chi connectivity index (χ1n) is 8.72. The SMILES string of the molecule is Cc1cc(C)n2nc(C(=O)N3[C@@H]4CCCC[C@@H]4C[C@H]3C(=O)O)nc2n1. The third-order valence-electron chi connectivity index (χ3n) is 5.42. The molecular formula is C17H21N5O3. The average Bonchev–Trinajstić information content (AvgIpc) is 3.15. The van der Waals surface area contributed by atoms with Gasteiger partial charge in [0.2, 0.25) is 5.82 Å². The van der Waals surface area contributed by atoms with Crippen LogP contribution in [0.3, 0.4) is 0 Å². The van der Waals surface area contributed by atoms with Gasteiger partial charge in [-0.05, 0) is 45.1 Å². The Morgan fingerprint density at radius 3 is 2.72 bits per heavy atom. The number of hydrogen-bond acceptors (Lipinski definition) is 5. The molecule has 2 aliphatic rings. The van der Waals surface area contributed by atoms with Gasteiger partial charge in [0.1, 0.15) is 6.04 Å². The first-order chi connectivity index (χ1) is 12.0. The first kappa shape index (κ1) is 16.0.